The molecule has 166 valence electrons. The molecule has 0 N–H and O–H groups in total. The van der Waals surface area contributed by atoms with Crippen molar-refractivity contribution < 1.29 is 9.59 Å². The Morgan fingerprint density at radius 1 is 0.800 bits per heavy atom. The number of ketones is 2. The van der Waals surface area contributed by atoms with Gasteiger partial charge in [0.05, 0.1) is 0 Å². The molecule has 3 aliphatic rings. The molecule has 2 heterocycles. The Bertz CT molecular complexity index is 1590. The van der Waals surface area contributed by atoms with Gasteiger partial charge in [0.1, 0.15) is 0 Å². The summed E-state index contributed by atoms with van der Waals surface area (Å²) in [6.45, 7) is 0. The van der Waals surface area contributed by atoms with Crippen LogP contribution in [0.2, 0.25) is 0 Å². The van der Waals surface area contributed by atoms with Crippen LogP contribution >= 0.6 is 0 Å². The number of anilines is 2. The van der Waals surface area contributed by atoms with E-state index in [1.54, 1.807) is 6.08 Å². The van der Waals surface area contributed by atoms with Crippen molar-refractivity contribution in [2.24, 2.45) is 0 Å². The van der Waals surface area contributed by atoms with Gasteiger partial charge in [0, 0.05) is 0 Å². The number of rotatable bonds is 2. The summed E-state index contributed by atoms with van der Waals surface area (Å²) in [6, 6.07) is 24.1. The number of Topliss-reactive ketones (excluding diaryl/α,β-unsaturated/α-hetero) is 2. The third-order valence-corrected chi connectivity index (χ3v) is 9.72. The van der Waals surface area contributed by atoms with Crippen LogP contribution in [-0.4, -0.2) is 37.5 Å². The van der Waals surface area contributed by atoms with Gasteiger partial charge in [-0.1, -0.05) is 24.3 Å². The summed E-state index contributed by atoms with van der Waals surface area (Å²) in [5, 5.41) is 1.94. The first-order valence-electron chi connectivity index (χ1n) is 11.4. The van der Waals surface area contributed by atoms with Gasteiger partial charge in [-0.05, 0) is 0 Å². The summed E-state index contributed by atoms with van der Waals surface area (Å²) >= 11 is -0.550. The van der Waals surface area contributed by atoms with Gasteiger partial charge in [0.25, 0.3) is 0 Å². The zero-order valence-corrected chi connectivity index (χ0v) is 20.9. The molecule has 5 heteroatoms. The second-order valence-corrected chi connectivity index (χ2v) is 11.7. The maximum absolute atomic E-state index is 13.2. The zero-order chi connectivity index (χ0) is 23.5. The molecule has 7 rings (SSSR count). The van der Waals surface area contributed by atoms with E-state index in [4.69, 9.17) is 0 Å². The average molecular weight is 566 g/mol. The monoisotopic (exact) mass is 568 g/mol. The van der Waals surface area contributed by atoms with E-state index in [9.17, 15) is 9.59 Å². The Balaban J connectivity index is 1.22. The molecule has 0 radical (unpaired) electrons. The van der Waals surface area contributed by atoms with Crippen molar-refractivity contribution >= 4 is 62.0 Å². The van der Waals surface area contributed by atoms with E-state index in [0.717, 1.165) is 27.7 Å². The summed E-state index contributed by atoms with van der Waals surface area (Å²) in [5.74, 6) is -0.373. The molecule has 1 aromatic heterocycles. The number of hydrogen-bond acceptors (Lipinski definition) is 4. The summed E-state index contributed by atoms with van der Waals surface area (Å²) in [6.07, 6.45) is 8.41. The van der Waals surface area contributed by atoms with E-state index >= 15 is 0 Å². The molecule has 0 amide bonds. The predicted molar refractivity (Wildman–Crippen MR) is 139 cm³/mol. The van der Waals surface area contributed by atoms with E-state index < -0.39 is 20.9 Å². The van der Waals surface area contributed by atoms with Crippen LogP contribution < -0.4 is 12.3 Å². The fourth-order valence-electron chi connectivity index (χ4n) is 5.01. The molecule has 4 aromatic rings. The number of pyridine rings is 1. The van der Waals surface area contributed by atoms with Crippen molar-refractivity contribution in [2.75, 3.05) is 4.90 Å². The number of allylic oxidation sites excluding steroid dienone is 5. The van der Waals surface area contributed by atoms with Crippen LogP contribution in [0, 0.1) is 0 Å². The summed E-state index contributed by atoms with van der Waals surface area (Å²) in [4.78, 5) is 33.4. The fourth-order valence-corrected chi connectivity index (χ4v) is 7.85. The standard InChI is InChI=1S/C30H18N2O2Te/c33-28-22-16-19-6-1-2-7-20(19)17-23(22)29(34)24(28)15-18-11-12-21(14-18)32-25-8-3-4-10-27(25)35-30-26(32)9-5-13-31-30/h1-13,15-17H,14H2. The van der Waals surface area contributed by atoms with E-state index in [2.05, 4.69) is 46.3 Å². The molecule has 0 unspecified atom stereocenters. The molecular weight excluding hydrogens is 548 g/mol. The normalized spacial score (nSPS) is 16.1. The van der Waals surface area contributed by atoms with Crippen molar-refractivity contribution in [2.45, 2.75) is 6.42 Å². The summed E-state index contributed by atoms with van der Waals surface area (Å²) in [5.41, 5.74) is 5.67. The van der Waals surface area contributed by atoms with Gasteiger partial charge < -0.3 is 0 Å². The van der Waals surface area contributed by atoms with E-state index in [1.165, 1.54) is 13.0 Å². The van der Waals surface area contributed by atoms with Crippen LogP contribution in [-0.2, 0) is 0 Å². The Labute approximate surface area is 212 Å². The van der Waals surface area contributed by atoms with Crippen molar-refractivity contribution in [3.63, 3.8) is 0 Å². The first-order valence-corrected chi connectivity index (χ1v) is 13.8. The molecule has 35 heavy (non-hydrogen) atoms. The number of fused-ring (bicyclic) bond motifs is 4. The van der Waals surface area contributed by atoms with Gasteiger partial charge in [-0.25, -0.2) is 0 Å². The number of nitrogens with zero attached hydrogens (tertiary/aromatic N) is 2. The topological polar surface area (TPSA) is 50.3 Å². The Kier molecular flexibility index (Phi) is 4.63. The number of carbonyl (C=O) groups is 2. The molecule has 1 aliphatic heterocycles. The molecule has 2 aliphatic carbocycles. The first kappa shape index (κ1) is 20.6. The molecule has 0 fully saturated rings. The van der Waals surface area contributed by atoms with E-state index in [0.29, 0.717) is 17.5 Å². The van der Waals surface area contributed by atoms with Crippen LogP contribution in [0.3, 0.4) is 0 Å². The predicted octanol–water partition coefficient (Wildman–Crippen LogP) is 4.56. The molecule has 4 nitrogen and oxygen atoms in total. The molecule has 3 aromatic carbocycles. The van der Waals surface area contributed by atoms with Crippen molar-refractivity contribution in [3.05, 3.63) is 125 Å². The van der Waals surface area contributed by atoms with Crippen LogP contribution in [0.25, 0.3) is 10.8 Å². The number of carbonyl (C=O) groups excluding carboxylic acids is 2. The van der Waals surface area contributed by atoms with Gasteiger partial charge in [0.2, 0.25) is 0 Å². The van der Waals surface area contributed by atoms with Gasteiger partial charge >= 0.3 is 189 Å². The number of para-hydroxylation sites is 1. The van der Waals surface area contributed by atoms with Crippen molar-refractivity contribution in [1.29, 1.82) is 0 Å². The maximum atomic E-state index is 13.2. The number of aromatic nitrogens is 1. The Morgan fingerprint density at radius 3 is 2.26 bits per heavy atom. The van der Waals surface area contributed by atoms with Crippen LogP contribution in [0.1, 0.15) is 27.1 Å². The first-order chi connectivity index (χ1) is 17.2. The van der Waals surface area contributed by atoms with Crippen LogP contribution in [0.4, 0.5) is 11.4 Å². The van der Waals surface area contributed by atoms with Gasteiger partial charge in [-0.2, -0.15) is 0 Å². The minimum atomic E-state index is -0.550. The Hall–Kier alpha value is -3.78. The molecule has 0 saturated carbocycles. The minimum absolute atomic E-state index is 0.186. The summed E-state index contributed by atoms with van der Waals surface area (Å²) < 4.78 is 2.54. The Morgan fingerprint density at radius 2 is 1.49 bits per heavy atom. The van der Waals surface area contributed by atoms with E-state index in [-0.39, 0.29) is 17.1 Å². The average Bonchev–Trinajstić information content (AvgIpc) is 3.44. The third-order valence-electron chi connectivity index (χ3n) is 6.66. The summed E-state index contributed by atoms with van der Waals surface area (Å²) in [7, 11) is 0. The molecule has 0 bridgehead atoms. The second kappa shape index (κ2) is 7.88. The third kappa shape index (κ3) is 3.24. The van der Waals surface area contributed by atoms with Gasteiger partial charge in [-0.3, -0.25) is 0 Å². The number of benzene rings is 3. The molecular formula is C30H18N2O2Te. The fraction of sp³-hybridized carbons (Fsp3) is 0.0333. The molecule has 0 saturated heterocycles. The SMILES string of the molecule is O=C1C(=CC2=CC=C(N3c4ccccc4[Te]c4ncccc43)C2)C(=O)c2cc3ccccc3cc21. The van der Waals surface area contributed by atoms with Gasteiger partial charge in [-0.15, -0.1) is 0 Å². The quantitative estimate of drug-likeness (QED) is 0.203. The van der Waals surface area contributed by atoms with E-state index in [1.807, 2.05) is 54.7 Å². The molecule has 0 spiro atoms. The number of hydrogen-bond donors (Lipinski definition) is 0. The second-order valence-electron chi connectivity index (χ2n) is 8.77. The van der Waals surface area contributed by atoms with Crippen LogP contribution in [0.15, 0.2) is 114 Å². The zero-order valence-electron chi connectivity index (χ0n) is 18.6. The van der Waals surface area contributed by atoms with Crippen LogP contribution in [0.5, 0.6) is 0 Å². The van der Waals surface area contributed by atoms with Crippen molar-refractivity contribution in [3.8, 4) is 0 Å². The van der Waals surface area contributed by atoms with Gasteiger partial charge in [0.15, 0.2) is 0 Å². The molecule has 0 atom stereocenters. The van der Waals surface area contributed by atoms with Crippen molar-refractivity contribution in [1.82, 2.24) is 4.98 Å².